The van der Waals surface area contributed by atoms with Crippen molar-refractivity contribution in [3.63, 3.8) is 0 Å². The van der Waals surface area contributed by atoms with Crippen molar-refractivity contribution < 1.29 is 37.3 Å². The largest absolute Gasteiger partial charge is 0.425 e. The summed E-state index contributed by atoms with van der Waals surface area (Å²) in [4.78, 5) is 24.2. The lowest BCUT2D eigenvalue weighted by Gasteiger charge is -2.30. The molecule has 3 rings (SSSR count). The minimum absolute atomic E-state index is 0.101. The molecule has 0 N–H and O–H groups in total. The predicted molar refractivity (Wildman–Crippen MR) is 83.1 cm³/mol. The zero-order valence-electron chi connectivity index (χ0n) is 13.4. The monoisotopic (exact) mass is 364 g/mol. The number of carbonyl (C=O) groups is 2. The van der Waals surface area contributed by atoms with Crippen LogP contribution in [0.1, 0.15) is 20.7 Å². The van der Waals surface area contributed by atoms with E-state index in [0.29, 0.717) is 0 Å². The first-order valence-electron chi connectivity index (χ1n) is 7.69. The van der Waals surface area contributed by atoms with Crippen LogP contribution in [0.5, 0.6) is 0 Å². The lowest BCUT2D eigenvalue weighted by molar-refractivity contribution is -0.288. The molecular formula is C18H14F2O6. The number of hydrogen-bond acceptors (Lipinski definition) is 6. The fourth-order valence-electron chi connectivity index (χ4n) is 2.18. The van der Waals surface area contributed by atoms with E-state index in [-0.39, 0.29) is 24.3 Å². The summed E-state index contributed by atoms with van der Waals surface area (Å²) >= 11 is 0. The van der Waals surface area contributed by atoms with Gasteiger partial charge in [-0.25, -0.2) is 18.4 Å². The molecule has 0 bridgehead atoms. The maximum atomic E-state index is 12.9. The van der Waals surface area contributed by atoms with Gasteiger partial charge >= 0.3 is 11.9 Å². The highest BCUT2D eigenvalue weighted by Crippen LogP contribution is 2.17. The van der Waals surface area contributed by atoms with E-state index in [1.54, 1.807) is 0 Å². The molecule has 136 valence electrons. The SMILES string of the molecule is O=C(O[C@@H]1OCCO[C@H]1OC(=O)c1ccc(F)cc1)c1ccc(F)cc1. The van der Waals surface area contributed by atoms with Gasteiger partial charge in [-0.3, -0.25) is 0 Å². The van der Waals surface area contributed by atoms with Crippen LogP contribution in [-0.4, -0.2) is 37.7 Å². The average molecular weight is 364 g/mol. The van der Waals surface area contributed by atoms with Crippen molar-refractivity contribution in [2.24, 2.45) is 0 Å². The fraction of sp³-hybridized carbons (Fsp3) is 0.222. The maximum absolute atomic E-state index is 12.9. The highest BCUT2D eigenvalue weighted by Gasteiger charge is 2.34. The molecule has 0 amide bonds. The van der Waals surface area contributed by atoms with Gasteiger partial charge in [0.05, 0.1) is 24.3 Å². The third kappa shape index (κ3) is 4.41. The summed E-state index contributed by atoms with van der Waals surface area (Å²) in [5.41, 5.74) is 0.202. The van der Waals surface area contributed by atoms with Crippen molar-refractivity contribution in [3.8, 4) is 0 Å². The van der Waals surface area contributed by atoms with Crippen molar-refractivity contribution in [1.29, 1.82) is 0 Å². The zero-order chi connectivity index (χ0) is 18.5. The van der Waals surface area contributed by atoms with E-state index >= 15 is 0 Å². The molecule has 8 heteroatoms. The lowest BCUT2D eigenvalue weighted by Crippen LogP contribution is -2.44. The van der Waals surface area contributed by atoms with Gasteiger partial charge in [-0.05, 0) is 48.5 Å². The van der Waals surface area contributed by atoms with Gasteiger partial charge in [0, 0.05) is 0 Å². The van der Waals surface area contributed by atoms with Crippen molar-refractivity contribution in [3.05, 3.63) is 71.3 Å². The number of rotatable bonds is 4. The molecule has 1 saturated heterocycles. The van der Waals surface area contributed by atoms with E-state index in [1.165, 1.54) is 24.3 Å². The first-order chi connectivity index (χ1) is 12.5. The van der Waals surface area contributed by atoms with Crippen LogP contribution in [0.25, 0.3) is 0 Å². The average Bonchev–Trinajstić information content (AvgIpc) is 2.64. The molecule has 26 heavy (non-hydrogen) atoms. The molecule has 0 spiro atoms. The van der Waals surface area contributed by atoms with Gasteiger partial charge in [0.1, 0.15) is 11.6 Å². The van der Waals surface area contributed by atoms with E-state index in [4.69, 9.17) is 18.9 Å². The highest BCUT2D eigenvalue weighted by atomic mass is 19.1. The van der Waals surface area contributed by atoms with Crippen LogP contribution in [0, 0.1) is 11.6 Å². The number of esters is 2. The van der Waals surface area contributed by atoms with E-state index in [9.17, 15) is 18.4 Å². The second kappa shape index (κ2) is 8.03. The summed E-state index contributed by atoms with van der Waals surface area (Å²) in [6.07, 6.45) is -2.57. The molecule has 2 atom stereocenters. The highest BCUT2D eigenvalue weighted by molar-refractivity contribution is 5.90. The molecule has 0 saturated carbocycles. The Hall–Kier alpha value is -2.84. The van der Waals surface area contributed by atoms with Crippen LogP contribution in [0.3, 0.4) is 0 Å². The molecule has 0 radical (unpaired) electrons. The summed E-state index contributed by atoms with van der Waals surface area (Å²) in [6, 6.07) is 9.45. The van der Waals surface area contributed by atoms with Gasteiger partial charge in [0.2, 0.25) is 0 Å². The summed E-state index contributed by atoms with van der Waals surface area (Å²) in [6.45, 7) is 0.262. The topological polar surface area (TPSA) is 71.1 Å². The summed E-state index contributed by atoms with van der Waals surface area (Å²) in [7, 11) is 0. The van der Waals surface area contributed by atoms with Crippen LogP contribution in [0.4, 0.5) is 8.78 Å². The summed E-state index contributed by atoms with van der Waals surface area (Å²) < 4.78 is 46.7. The number of carbonyl (C=O) groups excluding carboxylic acids is 2. The van der Waals surface area contributed by atoms with Gasteiger partial charge in [-0.15, -0.1) is 0 Å². The molecule has 0 aromatic heterocycles. The van der Waals surface area contributed by atoms with Crippen LogP contribution < -0.4 is 0 Å². The van der Waals surface area contributed by atoms with Gasteiger partial charge in [-0.2, -0.15) is 0 Å². The van der Waals surface area contributed by atoms with Crippen molar-refractivity contribution in [1.82, 2.24) is 0 Å². The van der Waals surface area contributed by atoms with E-state index in [2.05, 4.69) is 0 Å². The smallest absolute Gasteiger partial charge is 0.340 e. The summed E-state index contributed by atoms with van der Waals surface area (Å²) in [5.74, 6) is -2.57. The normalized spacial score (nSPS) is 19.6. The Labute approximate surface area is 147 Å². The Morgan fingerprint density at radius 3 is 1.42 bits per heavy atom. The number of ether oxygens (including phenoxy) is 4. The predicted octanol–water partition coefficient (Wildman–Crippen LogP) is 2.68. The van der Waals surface area contributed by atoms with Crippen molar-refractivity contribution in [2.75, 3.05) is 13.2 Å². The number of benzene rings is 2. The van der Waals surface area contributed by atoms with Crippen LogP contribution in [0.2, 0.25) is 0 Å². The zero-order valence-corrected chi connectivity index (χ0v) is 13.4. The molecule has 1 fully saturated rings. The van der Waals surface area contributed by atoms with Gasteiger partial charge in [0.15, 0.2) is 0 Å². The molecule has 1 heterocycles. The van der Waals surface area contributed by atoms with Crippen LogP contribution in [-0.2, 0) is 18.9 Å². The standard InChI is InChI=1S/C18H14F2O6/c19-13-5-1-11(2-6-13)15(21)25-17-18(24-10-9-23-17)26-16(22)12-3-7-14(20)8-4-12/h1-8,17-18H,9-10H2/t17-,18-/m0/s1. The molecule has 1 aliphatic rings. The Balaban J connectivity index is 1.65. The molecule has 6 nitrogen and oxygen atoms in total. The third-order valence-corrected chi connectivity index (χ3v) is 3.48. The van der Waals surface area contributed by atoms with Crippen LogP contribution in [0.15, 0.2) is 48.5 Å². The lowest BCUT2D eigenvalue weighted by atomic mass is 10.2. The minimum atomic E-state index is -1.29. The van der Waals surface area contributed by atoms with Gasteiger partial charge < -0.3 is 18.9 Å². The summed E-state index contributed by atoms with van der Waals surface area (Å²) in [5, 5.41) is 0. The fourth-order valence-corrected chi connectivity index (χ4v) is 2.18. The molecule has 1 aliphatic heterocycles. The number of hydrogen-bond donors (Lipinski definition) is 0. The van der Waals surface area contributed by atoms with Gasteiger partial charge in [-0.1, -0.05) is 0 Å². The molecular weight excluding hydrogens is 350 g/mol. The van der Waals surface area contributed by atoms with E-state index < -0.39 is 36.2 Å². The molecule has 0 unspecified atom stereocenters. The van der Waals surface area contributed by atoms with Crippen LogP contribution >= 0.6 is 0 Å². The minimum Gasteiger partial charge on any atom is -0.425 e. The molecule has 0 aliphatic carbocycles. The molecule has 2 aromatic carbocycles. The quantitative estimate of drug-likeness (QED) is 0.777. The number of halogens is 2. The first kappa shape index (κ1) is 18.0. The Bertz CT molecular complexity index is 708. The maximum Gasteiger partial charge on any atom is 0.340 e. The second-order valence-corrected chi connectivity index (χ2v) is 5.30. The van der Waals surface area contributed by atoms with Gasteiger partial charge in [0.25, 0.3) is 12.6 Å². The first-order valence-corrected chi connectivity index (χ1v) is 7.69. The van der Waals surface area contributed by atoms with Crippen molar-refractivity contribution >= 4 is 11.9 Å². The van der Waals surface area contributed by atoms with E-state index in [0.717, 1.165) is 24.3 Å². The second-order valence-electron chi connectivity index (χ2n) is 5.30. The Morgan fingerprint density at radius 1 is 0.731 bits per heavy atom. The Morgan fingerprint density at radius 2 is 1.08 bits per heavy atom. The van der Waals surface area contributed by atoms with Crippen molar-refractivity contribution in [2.45, 2.75) is 12.6 Å². The third-order valence-electron chi connectivity index (χ3n) is 3.48. The van der Waals surface area contributed by atoms with E-state index in [1.807, 2.05) is 0 Å². The Kier molecular flexibility index (Phi) is 5.55. The molecule has 2 aromatic rings.